The van der Waals surface area contributed by atoms with E-state index in [-0.39, 0.29) is 11.7 Å². The minimum Gasteiger partial charge on any atom is -0.338 e. The van der Waals surface area contributed by atoms with Crippen molar-refractivity contribution in [1.82, 2.24) is 4.90 Å². The van der Waals surface area contributed by atoms with Gasteiger partial charge < -0.3 is 4.90 Å². The Morgan fingerprint density at radius 3 is 2.74 bits per heavy atom. The first-order valence-electron chi connectivity index (χ1n) is 8.37. The van der Waals surface area contributed by atoms with Gasteiger partial charge in [0.2, 0.25) is 10.0 Å². The van der Waals surface area contributed by atoms with E-state index in [4.69, 9.17) is 0 Å². The molecule has 6 heteroatoms. The molecule has 5 nitrogen and oxygen atoms in total. The fraction of sp³-hybridized carbons (Fsp3) is 0.588. The van der Waals surface area contributed by atoms with E-state index in [0.717, 1.165) is 32.4 Å². The number of anilines is 1. The first kappa shape index (κ1) is 16.3. The highest BCUT2D eigenvalue weighted by Crippen LogP contribution is 2.25. The average molecular weight is 336 g/mol. The number of likely N-dealkylation sites (tertiary alicyclic amines) is 1. The van der Waals surface area contributed by atoms with Crippen molar-refractivity contribution >= 4 is 21.6 Å². The monoisotopic (exact) mass is 336 g/mol. The van der Waals surface area contributed by atoms with Crippen molar-refractivity contribution in [3.63, 3.8) is 0 Å². The normalized spacial score (nSPS) is 24.5. The van der Waals surface area contributed by atoms with Crippen LogP contribution in [-0.2, 0) is 10.0 Å². The predicted molar refractivity (Wildman–Crippen MR) is 91.1 cm³/mol. The van der Waals surface area contributed by atoms with E-state index in [1.165, 1.54) is 4.31 Å². The number of hydrogen-bond donors (Lipinski definition) is 0. The van der Waals surface area contributed by atoms with Gasteiger partial charge in [0.1, 0.15) is 0 Å². The van der Waals surface area contributed by atoms with Crippen molar-refractivity contribution in [3.05, 3.63) is 29.8 Å². The van der Waals surface area contributed by atoms with Gasteiger partial charge in [-0.2, -0.15) is 0 Å². The lowest BCUT2D eigenvalue weighted by Crippen LogP contribution is -2.40. The van der Waals surface area contributed by atoms with Gasteiger partial charge >= 0.3 is 0 Å². The van der Waals surface area contributed by atoms with Crippen LogP contribution in [0.4, 0.5) is 5.69 Å². The Bertz CT molecular complexity index is 687. The van der Waals surface area contributed by atoms with Crippen LogP contribution in [0.2, 0.25) is 0 Å². The largest absolute Gasteiger partial charge is 0.338 e. The summed E-state index contributed by atoms with van der Waals surface area (Å²) < 4.78 is 25.9. The van der Waals surface area contributed by atoms with Gasteiger partial charge in [0, 0.05) is 25.2 Å². The number of rotatable bonds is 2. The Balaban J connectivity index is 1.83. The van der Waals surface area contributed by atoms with E-state index in [9.17, 15) is 13.2 Å². The molecule has 0 radical (unpaired) electrons. The van der Waals surface area contributed by atoms with Crippen molar-refractivity contribution in [2.24, 2.45) is 5.92 Å². The first-order chi connectivity index (χ1) is 11.0. The fourth-order valence-corrected chi connectivity index (χ4v) is 5.06. The number of carbonyl (C=O) groups excluding carboxylic acids is 1. The highest BCUT2D eigenvalue weighted by molar-refractivity contribution is 7.92. The van der Waals surface area contributed by atoms with Crippen LogP contribution in [0.25, 0.3) is 0 Å². The predicted octanol–water partition coefficient (Wildman–Crippen LogP) is 2.49. The third-order valence-electron chi connectivity index (χ3n) is 4.67. The molecule has 2 heterocycles. The molecule has 1 amide bonds. The molecule has 2 saturated heterocycles. The van der Waals surface area contributed by atoms with E-state index < -0.39 is 10.0 Å². The lowest BCUT2D eigenvalue weighted by Gasteiger charge is -2.32. The molecule has 3 rings (SSSR count). The summed E-state index contributed by atoms with van der Waals surface area (Å²) in [6, 6.07) is 7.06. The van der Waals surface area contributed by atoms with Crippen molar-refractivity contribution < 1.29 is 13.2 Å². The maximum absolute atomic E-state index is 12.7. The Morgan fingerprint density at radius 1 is 1.17 bits per heavy atom. The lowest BCUT2D eigenvalue weighted by molar-refractivity contribution is 0.0683. The molecule has 1 unspecified atom stereocenters. The molecule has 1 aromatic rings. The maximum atomic E-state index is 12.7. The molecule has 1 atom stereocenters. The lowest BCUT2D eigenvalue weighted by atomic mass is 9.99. The molecule has 2 fully saturated rings. The van der Waals surface area contributed by atoms with Gasteiger partial charge in [0.05, 0.1) is 11.4 Å². The summed E-state index contributed by atoms with van der Waals surface area (Å²) in [6.45, 7) is 4.23. The second-order valence-corrected chi connectivity index (χ2v) is 8.66. The van der Waals surface area contributed by atoms with Crippen LogP contribution in [0.15, 0.2) is 24.3 Å². The van der Waals surface area contributed by atoms with Crippen molar-refractivity contribution in [3.8, 4) is 0 Å². The summed E-state index contributed by atoms with van der Waals surface area (Å²) in [5, 5.41) is 0. The molecule has 2 aliphatic rings. The van der Waals surface area contributed by atoms with Crippen LogP contribution in [0.5, 0.6) is 0 Å². The summed E-state index contributed by atoms with van der Waals surface area (Å²) >= 11 is 0. The summed E-state index contributed by atoms with van der Waals surface area (Å²) in [5.41, 5.74) is 1.19. The van der Waals surface area contributed by atoms with Gasteiger partial charge in [-0.3, -0.25) is 9.10 Å². The SMILES string of the molecule is CC1CCCN(C(=O)c2cccc(N3CCCCS3(=O)=O)c2)C1. The standard InChI is InChI=1S/C17H24N2O3S/c1-14-6-5-9-18(13-14)17(20)15-7-4-8-16(12-15)19-10-2-3-11-23(19,21)22/h4,7-8,12,14H,2-3,5-6,9-11,13H2,1H3. The number of carbonyl (C=O) groups is 1. The molecule has 2 aliphatic heterocycles. The Labute approximate surface area is 138 Å². The topological polar surface area (TPSA) is 57.7 Å². The zero-order valence-corrected chi connectivity index (χ0v) is 14.4. The Kier molecular flexibility index (Phi) is 4.62. The number of nitrogens with zero attached hydrogens (tertiary/aromatic N) is 2. The summed E-state index contributed by atoms with van der Waals surface area (Å²) in [7, 11) is -3.24. The zero-order chi connectivity index (χ0) is 16.4. The summed E-state index contributed by atoms with van der Waals surface area (Å²) in [5.74, 6) is 0.723. The van der Waals surface area contributed by atoms with E-state index in [0.29, 0.717) is 30.1 Å². The Hall–Kier alpha value is -1.56. The summed E-state index contributed by atoms with van der Waals surface area (Å²) in [6.07, 6.45) is 3.77. The molecule has 0 N–H and O–H groups in total. The minimum absolute atomic E-state index is 0.00723. The second-order valence-electron chi connectivity index (χ2n) is 6.64. The smallest absolute Gasteiger partial charge is 0.253 e. The first-order valence-corrected chi connectivity index (χ1v) is 9.98. The van der Waals surface area contributed by atoms with Crippen molar-refractivity contribution in [2.45, 2.75) is 32.6 Å². The number of hydrogen-bond acceptors (Lipinski definition) is 3. The van der Waals surface area contributed by atoms with E-state index in [2.05, 4.69) is 6.92 Å². The van der Waals surface area contributed by atoms with Crippen molar-refractivity contribution in [1.29, 1.82) is 0 Å². The highest BCUT2D eigenvalue weighted by Gasteiger charge is 2.27. The molecular weight excluding hydrogens is 312 g/mol. The number of benzene rings is 1. The number of piperidine rings is 1. The maximum Gasteiger partial charge on any atom is 0.253 e. The van der Waals surface area contributed by atoms with Gasteiger partial charge in [-0.25, -0.2) is 8.42 Å². The molecule has 0 spiro atoms. The minimum atomic E-state index is -3.24. The molecule has 0 aromatic heterocycles. The third-order valence-corrected chi connectivity index (χ3v) is 6.54. The van der Waals surface area contributed by atoms with Gasteiger partial charge in [0.25, 0.3) is 5.91 Å². The van der Waals surface area contributed by atoms with E-state index in [1.807, 2.05) is 4.90 Å². The molecule has 0 aliphatic carbocycles. The quantitative estimate of drug-likeness (QED) is 0.834. The van der Waals surface area contributed by atoms with Crippen LogP contribution in [-0.4, -0.2) is 44.6 Å². The average Bonchev–Trinajstić information content (AvgIpc) is 2.54. The molecule has 0 bridgehead atoms. The molecule has 126 valence electrons. The number of sulfonamides is 1. The van der Waals surface area contributed by atoms with Gasteiger partial charge in [-0.1, -0.05) is 13.0 Å². The van der Waals surface area contributed by atoms with Crippen LogP contribution >= 0.6 is 0 Å². The number of amides is 1. The molecule has 23 heavy (non-hydrogen) atoms. The summed E-state index contributed by atoms with van der Waals surface area (Å²) in [4.78, 5) is 14.6. The molecule has 1 aromatic carbocycles. The van der Waals surface area contributed by atoms with Crippen LogP contribution in [0, 0.1) is 5.92 Å². The van der Waals surface area contributed by atoms with E-state index in [1.54, 1.807) is 24.3 Å². The highest BCUT2D eigenvalue weighted by atomic mass is 32.2. The van der Waals surface area contributed by atoms with Gasteiger partial charge in [-0.05, 0) is 49.8 Å². The van der Waals surface area contributed by atoms with Crippen LogP contribution in [0.1, 0.15) is 43.0 Å². The second kappa shape index (κ2) is 6.51. The molecule has 0 saturated carbocycles. The van der Waals surface area contributed by atoms with E-state index >= 15 is 0 Å². The zero-order valence-electron chi connectivity index (χ0n) is 13.6. The van der Waals surface area contributed by atoms with Crippen LogP contribution in [0.3, 0.4) is 0 Å². The third kappa shape index (κ3) is 3.52. The fourth-order valence-electron chi connectivity index (χ4n) is 3.43. The van der Waals surface area contributed by atoms with Crippen LogP contribution < -0.4 is 4.31 Å². The van der Waals surface area contributed by atoms with Gasteiger partial charge in [0.15, 0.2) is 0 Å². The Morgan fingerprint density at radius 2 is 2.00 bits per heavy atom. The van der Waals surface area contributed by atoms with Gasteiger partial charge in [-0.15, -0.1) is 0 Å². The van der Waals surface area contributed by atoms with Crippen molar-refractivity contribution in [2.75, 3.05) is 29.7 Å². The molecular formula is C17H24N2O3S.